The Morgan fingerprint density at radius 2 is 1.45 bits per heavy atom. The third kappa shape index (κ3) is 18.1. The number of unbranched alkanes of at least 4 members (excludes halogenated alkanes) is 6. The monoisotopic (exact) mass is 792 g/mol. The Kier molecular flexibility index (Phi) is 27.0. The molecule has 40 heavy (non-hydrogen) atoms. The van der Waals surface area contributed by atoms with E-state index in [0.717, 1.165) is 19.4 Å². The quantitative estimate of drug-likeness (QED) is 0.0773. The Morgan fingerprint density at radius 3 is 2.00 bits per heavy atom. The van der Waals surface area contributed by atoms with Crippen molar-refractivity contribution in [2.75, 3.05) is 45.2 Å². The van der Waals surface area contributed by atoms with Crippen molar-refractivity contribution < 1.29 is 44.0 Å². The largest absolute Gasteiger partial charge is 0.508 e. The molecule has 0 spiro atoms. The summed E-state index contributed by atoms with van der Waals surface area (Å²) >= 11 is 2.65. The second kappa shape index (κ2) is 26.5. The maximum Gasteiger partial charge on any atom is 0.259 e. The number of nitrogens with one attached hydrogen (secondary N) is 1. The standard InChI is InChI=1S/C21H27NO3.C10H23N.CH3BrO.W/c1-2-3-4-5-6-9-16-25-20-11-8-7-10-19(20)21(24)22-17-12-14-18(23)15-13-17;1-5-9-10-11(6-2,7-3)8-4;1-3-2;/h7-8,10-15,23H,2-6,9,16H2,1H3,(H,22,24);2,5-10H2,1,3-4H3;1H3;. The first-order chi connectivity index (χ1) is 18.9. The van der Waals surface area contributed by atoms with Gasteiger partial charge in [0.25, 0.3) is 5.91 Å². The fraction of sp³-hybridized carbons (Fsp3) is 0.562. The van der Waals surface area contributed by atoms with Gasteiger partial charge in [0.15, 0.2) is 0 Å². The van der Waals surface area contributed by atoms with Crippen LogP contribution in [-0.4, -0.2) is 55.4 Å². The van der Waals surface area contributed by atoms with Crippen molar-refractivity contribution in [3.8, 4) is 11.5 Å². The molecule has 0 saturated heterocycles. The summed E-state index contributed by atoms with van der Waals surface area (Å²) in [5, 5.41) is 12.1. The van der Waals surface area contributed by atoms with Gasteiger partial charge in [0.1, 0.15) is 11.5 Å². The van der Waals surface area contributed by atoms with Crippen LogP contribution in [0.15, 0.2) is 48.5 Å². The molecule has 0 heterocycles. The van der Waals surface area contributed by atoms with Crippen LogP contribution in [0.3, 0.4) is 0 Å². The topological polar surface area (TPSA) is 67.8 Å². The third-order valence-electron chi connectivity index (χ3n) is 6.81. The Hall–Kier alpha value is -1.40. The van der Waals surface area contributed by atoms with E-state index in [9.17, 15) is 9.90 Å². The molecule has 0 unspecified atom stereocenters. The van der Waals surface area contributed by atoms with Gasteiger partial charge >= 0.3 is 0 Å². The summed E-state index contributed by atoms with van der Waals surface area (Å²) in [4.78, 5) is 12.5. The average Bonchev–Trinajstić information content (AvgIpc) is 2.96. The molecule has 0 aliphatic carbocycles. The molecule has 6 nitrogen and oxygen atoms in total. The number of nitrogens with zero attached hydrogens (tertiary/aromatic N) is 1. The normalized spacial score (nSPS) is 10.3. The average molecular weight is 794 g/mol. The van der Waals surface area contributed by atoms with Gasteiger partial charge in [-0.3, -0.25) is 11.7 Å². The van der Waals surface area contributed by atoms with E-state index in [1.54, 1.807) is 25.3 Å². The van der Waals surface area contributed by atoms with E-state index in [4.69, 9.17) is 4.74 Å². The summed E-state index contributed by atoms with van der Waals surface area (Å²) in [5.74, 6) is 0.553. The van der Waals surface area contributed by atoms with Crippen LogP contribution in [0.1, 0.15) is 89.4 Å². The zero-order valence-corrected chi connectivity index (χ0v) is 29.9. The molecule has 228 valence electrons. The van der Waals surface area contributed by atoms with E-state index in [1.165, 1.54) is 74.8 Å². The molecule has 0 fully saturated rings. The Bertz CT molecular complexity index is 856. The van der Waals surface area contributed by atoms with Crippen molar-refractivity contribution in [2.24, 2.45) is 0 Å². The summed E-state index contributed by atoms with van der Waals surface area (Å²) in [6.07, 6.45) is 9.86. The van der Waals surface area contributed by atoms with Crippen molar-refractivity contribution >= 4 is 27.9 Å². The molecule has 0 bridgehead atoms. The fourth-order valence-corrected chi connectivity index (χ4v) is 4.05. The van der Waals surface area contributed by atoms with Crippen molar-refractivity contribution in [1.29, 1.82) is 0 Å². The molecule has 0 saturated carbocycles. The predicted molar refractivity (Wildman–Crippen MR) is 169 cm³/mol. The van der Waals surface area contributed by atoms with Gasteiger partial charge in [0.05, 0.1) is 55.2 Å². The molecule has 2 N–H and O–H groups in total. The SMILES string of the molecule is CCCCCCCCOc1ccccc1C(=O)Nc1ccc(O)cc1.COBr.[CH2-]C[N+](CC)(CC)CCCC.[W]. The van der Waals surface area contributed by atoms with Crippen molar-refractivity contribution in [3.05, 3.63) is 61.0 Å². The van der Waals surface area contributed by atoms with Gasteiger partial charge in [0, 0.05) is 26.8 Å². The number of hydrogen-bond donors (Lipinski definition) is 2. The van der Waals surface area contributed by atoms with Gasteiger partial charge in [-0.25, -0.2) is 0 Å². The Balaban J connectivity index is 0. The van der Waals surface area contributed by atoms with Gasteiger partial charge < -0.3 is 23.5 Å². The van der Waals surface area contributed by atoms with Gasteiger partial charge in [-0.15, -0.1) is 0 Å². The van der Waals surface area contributed by atoms with Gasteiger partial charge in [-0.1, -0.05) is 64.5 Å². The molecule has 2 aromatic carbocycles. The van der Waals surface area contributed by atoms with Crippen LogP contribution >= 0.6 is 16.3 Å². The first-order valence-corrected chi connectivity index (χ1v) is 15.1. The number of para-hydroxylation sites is 1. The number of rotatable bonds is 16. The number of phenols is 1. The van der Waals surface area contributed by atoms with Crippen LogP contribution < -0.4 is 10.1 Å². The minimum absolute atomic E-state index is 0. The van der Waals surface area contributed by atoms with Gasteiger partial charge in [-0.2, -0.15) is 0 Å². The first kappa shape index (κ1) is 40.7. The number of hydrogen-bond acceptors (Lipinski definition) is 4. The Labute approximate surface area is 267 Å². The number of benzene rings is 2. The number of carbonyl (C=O) groups is 1. The second-order valence-electron chi connectivity index (χ2n) is 9.54. The van der Waals surface area contributed by atoms with Crippen LogP contribution in [0.2, 0.25) is 0 Å². The maximum atomic E-state index is 12.5. The van der Waals surface area contributed by atoms with Crippen molar-refractivity contribution in [2.45, 2.75) is 79.1 Å². The van der Waals surface area contributed by atoms with Crippen LogP contribution in [0, 0.1) is 6.92 Å². The maximum absolute atomic E-state index is 12.5. The number of phenolic OH excluding ortho intramolecular Hbond substituents is 1. The summed E-state index contributed by atoms with van der Waals surface area (Å²) in [5.41, 5.74) is 1.15. The number of ether oxygens (including phenoxy) is 1. The molecule has 0 aromatic heterocycles. The van der Waals surface area contributed by atoms with E-state index in [-0.39, 0.29) is 32.7 Å². The second-order valence-corrected chi connectivity index (χ2v) is 10.2. The van der Waals surface area contributed by atoms with Crippen LogP contribution in [0.25, 0.3) is 0 Å². The number of aromatic hydroxyl groups is 1. The predicted octanol–water partition coefficient (Wildman–Crippen LogP) is 8.80. The van der Waals surface area contributed by atoms with E-state index in [0.29, 0.717) is 23.6 Å². The molecular weight excluding hydrogens is 740 g/mol. The molecule has 0 aliphatic rings. The zero-order chi connectivity index (χ0) is 29.4. The number of anilines is 1. The number of quaternary nitrogens is 1. The summed E-state index contributed by atoms with van der Waals surface area (Å²) in [6, 6.07) is 13.7. The zero-order valence-electron chi connectivity index (χ0n) is 25.4. The van der Waals surface area contributed by atoms with Crippen molar-refractivity contribution in [3.63, 3.8) is 0 Å². The Morgan fingerprint density at radius 1 is 0.900 bits per heavy atom. The summed E-state index contributed by atoms with van der Waals surface area (Å²) < 4.78 is 11.1. The molecule has 2 aromatic rings. The molecule has 2 rings (SSSR count). The molecule has 0 atom stereocenters. The van der Waals surface area contributed by atoms with Crippen LogP contribution in [0.4, 0.5) is 5.69 Å². The van der Waals surface area contributed by atoms with E-state index in [1.807, 2.05) is 18.2 Å². The molecule has 8 heteroatoms. The summed E-state index contributed by atoms with van der Waals surface area (Å²) in [6.45, 7) is 18.5. The minimum atomic E-state index is -0.218. The summed E-state index contributed by atoms with van der Waals surface area (Å²) in [7, 11) is 1.54. The van der Waals surface area contributed by atoms with E-state index >= 15 is 0 Å². The van der Waals surface area contributed by atoms with E-state index in [2.05, 4.69) is 60.0 Å². The van der Waals surface area contributed by atoms with Gasteiger partial charge in [0.2, 0.25) is 0 Å². The smallest absolute Gasteiger partial charge is 0.259 e. The molecule has 0 radical (unpaired) electrons. The first-order valence-electron chi connectivity index (χ1n) is 14.5. The number of carbonyl (C=O) groups excluding carboxylic acids is 1. The molecular formula is C32H53BrN2O4W. The fourth-order valence-electron chi connectivity index (χ4n) is 4.05. The van der Waals surface area contributed by atoms with Crippen LogP contribution in [0.5, 0.6) is 11.5 Å². The van der Waals surface area contributed by atoms with E-state index < -0.39 is 0 Å². The number of amides is 1. The molecule has 0 aliphatic heterocycles. The minimum Gasteiger partial charge on any atom is -0.508 e. The van der Waals surface area contributed by atoms with Gasteiger partial charge in [-0.05, 0) is 69.6 Å². The number of halogens is 1. The third-order valence-corrected chi connectivity index (χ3v) is 6.81. The van der Waals surface area contributed by atoms with Crippen LogP contribution in [-0.2, 0) is 24.9 Å². The molecule has 1 amide bonds. The van der Waals surface area contributed by atoms with Crippen molar-refractivity contribution in [1.82, 2.24) is 0 Å².